The van der Waals surface area contributed by atoms with Crippen LogP contribution in [0.15, 0.2) is 22.7 Å². The molecule has 1 rings (SSSR count). The number of halogens is 2. The summed E-state index contributed by atoms with van der Waals surface area (Å²) < 4.78 is 1.09. The average Bonchev–Trinajstić information content (AvgIpc) is 2.18. The van der Waals surface area contributed by atoms with Crippen molar-refractivity contribution in [2.45, 2.75) is 13.0 Å². The van der Waals surface area contributed by atoms with Gasteiger partial charge in [0.05, 0.1) is 0 Å². The summed E-state index contributed by atoms with van der Waals surface area (Å²) in [6.45, 7) is 2.49. The van der Waals surface area contributed by atoms with Crippen LogP contribution >= 0.6 is 27.5 Å². The van der Waals surface area contributed by atoms with Crippen LogP contribution in [0, 0.1) is 0 Å². The minimum Gasteiger partial charge on any atom is -0.330 e. The maximum absolute atomic E-state index is 5.89. The monoisotopic (exact) mass is 276 g/mol. The van der Waals surface area contributed by atoms with Crippen molar-refractivity contribution in [3.63, 3.8) is 0 Å². The van der Waals surface area contributed by atoms with Crippen molar-refractivity contribution >= 4 is 27.5 Å². The van der Waals surface area contributed by atoms with Gasteiger partial charge in [-0.3, -0.25) is 0 Å². The fourth-order valence-corrected chi connectivity index (χ4v) is 1.71. The number of hydrogen-bond acceptors (Lipinski definition) is 2. The molecule has 0 aliphatic heterocycles. The molecule has 1 aromatic rings. The molecule has 2 nitrogen and oxygen atoms in total. The van der Waals surface area contributed by atoms with Gasteiger partial charge in [0.25, 0.3) is 0 Å². The Kier molecular flexibility index (Phi) is 5.48. The van der Waals surface area contributed by atoms with Crippen molar-refractivity contribution in [1.82, 2.24) is 5.32 Å². The van der Waals surface area contributed by atoms with Gasteiger partial charge < -0.3 is 11.1 Å². The lowest BCUT2D eigenvalue weighted by molar-refractivity contribution is 0.654. The first-order valence-electron chi connectivity index (χ1n) is 4.58. The maximum atomic E-state index is 5.89. The van der Waals surface area contributed by atoms with Gasteiger partial charge in [-0.2, -0.15) is 0 Å². The van der Waals surface area contributed by atoms with Gasteiger partial charge in [0.15, 0.2) is 0 Å². The Morgan fingerprint density at radius 3 is 2.93 bits per heavy atom. The van der Waals surface area contributed by atoms with E-state index in [9.17, 15) is 0 Å². The number of hydrogen-bond donors (Lipinski definition) is 2. The predicted octanol–water partition coefficient (Wildman–Crippen LogP) is 2.54. The summed E-state index contributed by atoms with van der Waals surface area (Å²) in [6, 6.07) is 5.79. The van der Waals surface area contributed by atoms with Crippen LogP contribution in [-0.4, -0.2) is 13.1 Å². The molecule has 0 fully saturated rings. The Hall–Kier alpha value is -0.0900. The smallest absolute Gasteiger partial charge is 0.0410 e. The van der Waals surface area contributed by atoms with Gasteiger partial charge in [0, 0.05) is 16.0 Å². The Bertz CT molecular complexity index is 291. The highest BCUT2D eigenvalue weighted by atomic mass is 79.9. The number of nitrogens with one attached hydrogen (secondary N) is 1. The molecule has 14 heavy (non-hydrogen) atoms. The molecule has 0 radical (unpaired) electrons. The zero-order valence-corrected chi connectivity index (χ0v) is 10.2. The molecule has 0 aliphatic carbocycles. The third-order valence-electron chi connectivity index (χ3n) is 1.88. The van der Waals surface area contributed by atoms with Crippen LogP contribution in [0.2, 0.25) is 5.02 Å². The molecule has 0 heterocycles. The molecule has 4 heteroatoms. The third kappa shape index (κ3) is 3.96. The van der Waals surface area contributed by atoms with Crippen LogP contribution < -0.4 is 11.1 Å². The first kappa shape index (κ1) is 12.0. The van der Waals surface area contributed by atoms with E-state index in [0.29, 0.717) is 0 Å². The molecule has 0 saturated carbocycles. The van der Waals surface area contributed by atoms with E-state index in [0.717, 1.165) is 35.6 Å². The molecule has 3 N–H and O–H groups in total. The lowest BCUT2D eigenvalue weighted by Crippen LogP contribution is -2.17. The van der Waals surface area contributed by atoms with Crippen LogP contribution in [0.4, 0.5) is 0 Å². The molecule has 0 unspecified atom stereocenters. The highest BCUT2D eigenvalue weighted by Crippen LogP contribution is 2.20. The van der Waals surface area contributed by atoms with Crippen LogP contribution in [0.3, 0.4) is 0 Å². The Labute approximate surface area is 98.0 Å². The highest BCUT2D eigenvalue weighted by Gasteiger charge is 1.99. The molecule has 0 spiro atoms. The molecular formula is C10H14BrClN2. The fourth-order valence-electron chi connectivity index (χ4n) is 1.13. The van der Waals surface area contributed by atoms with Crippen molar-refractivity contribution in [2.24, 2.45) is 5.73 Å². The zero-order chi connectivity index (χ0) is 10.4. The van der Waals surface area contributed by atoms with E-state index >= 15 is 0 Å². The third-order valence-corrected chi connectivity index (χ3v) is 2.89. The van der Waals surface area contributed by atoms with Gasteiger partial charge >= 0.3 is 0 Å². The molecule has 0 bridgehead atoms. The lowest BCUT2D eigenvalue weighted by atomic mass is 10.2. The molecule has 0 aromatic heterocycles. The summed E-state index contributed by atoms with van der Waals surface area (Å²) in [7, 11) is 0. The van der Waals surface area contributed by atoms with Crippen molar-refractivity contribution in [3.8, 4) is 0 Å². The summed E-state index contributed by atoms with van der Waals surface area (Å²) >= 11 is 9.36. The van der Waals surface area contributed by atoms with Gasteiger partial charge in [-0.05, 0) is 43.3 Å². The van der Waals surface area contributed by atoms with E-state index in [1.807, 2.05) is 18.2 Å². The normalized spacial score (nSPS) is 10.5. The fraction of sp³-hybridized carbons (Fsp3) is 0.400. The molecule has 0 saturated heterocycles. The first-order valence-corrected chi connectivity index (χ1v) is 5.76. The molecule has 0 atom stereocenters. The summed E-state index contributed by atoms with van der Waals surface area (Å²) in [5.74, 6) is 0. The van der Waals surface area contributed by atoms with E-state index < -0.39 is 0 Å². The van der Waals surface area contributed by atoms with Crippen molar-refractivity contribution in [3.05, 3.63) is 33.3 Å². The Morgan fingerprint density at radius 1 is 1.43 bits per heavy atom. The minimum atomic E-state index is 0.726. The van der Waals surface area contributed by atoms with Crippen LogP contribution in [0.25, 0.3) is 0 Å². The molecule has 0 amide bonds. The summed E-state index contributed by atoms with van der Waals surface area (Å²) in [6.07, 6.45) is 0.998. The molecule has 0 aliphatic rings. The van der Waals surface area contributed by atoms with Crippen LogP contribution in [0.1, 0.15) is 12.0 Å². The van der Waals surface area contributed by atoms with E-state index in [4.69, 9.17) is 17.3 Å². The van der Waals surface area contributed by atoms with Gasteiger partial charge in [0.2, 0.25) is 0 Å². The summed E-state index contributed by atoms with van der Waals surface area (Å²) in [5, 5.41) is 4.07. The number of benzene rings is 1. The predicted molar refractivity (Wildman–Crippen MR) is 64.5 cm³/mol. The van der Waals surface area contributed by atoms with Gasteiger partial charge in [-0.15, -0.1) is 0 Å². The minimum absolute atomic E-state index is 0.726. The lowest BCUT2D eigenvalue weighted by Gasteiger charge is -2.06. The summed E-state index contributed by atoms with van der Waals surface area (Å²) in [5.41, 5.74) is 6.57. The van der Waals surface area contributed by atoms with Crippen LogP contribution in [-0.2, 0) is 6.54 Å². The van der Waals surface area contributed by atoms with Crippen molar-refractivity contribution in [1.29, 1.82) is 0 Å². The maximum Gasteiger partial charge on any atom is 0.0410 e. The van der Waals surface area contributed by atoms with Gasteiger partial charge in [-0.25, -0.2) is 0 Å². The Balaban J connectivity index is 2.45. The first-order chi connectivity index (χ1) is 6.74. The average molecular weight is 278 g/mol. The van der Waals surface area contributed by atoms with Crippen molar-refractivity contribution in [2.75, 3.05) is 13.1 Å². The topological polar surface area (TPSA) is 38.0 Å². The van der Waals surface area contributed by atoms with E-state index in [1.54, 1.807) is 0 Å². The number of nitrogens with two attached hydrogens (primary N) is 1. The Morgan fingerprint density at radius 2 is 2.21 bits per heavy atom. The zero-order valence-electron chi connectivity index (χ0n) is 7.89. The quantitative estimate of drug-likeness (QED) is 0.812. The highest BCUT2D eigenvalue weighted by molar-refractivity contribution is 9.10. The molecule has 78 valence electrons. The van der Waals surface area contributed by atoms with E-state index in [-0.39, 0.29) is 0 Å². The second-order valence-corrected chi connectivity index (χ2v) is 4.35. The summed E-state index contributed by atoms with van der Waals surface area (Å²) in [4.78, 5) is 0. The van der Waals surface area contributed by atoms with E-state index in [1.165, 1.54) is 5.56 Å². The second kappa shape index (κ2) is 6.40. The van der Waals surface area contributed by atoms with Crippen molar-refractivity contribution < 1.29 is 0 Å². The SMILES string of the molecule is NCCCNCc1cc(Cl)ccc1Br. The van der Waals surface area contributed by atoms with Gasteiger partial charge in [-0.1, -0.05) is 27.5 Å². The van der Waals surface area contributed by atoms with Gasteiger partial charge in [0.1, 0.15) is 0 Å². The second-order valence-electron chi connectivity index (χ2n) is 3.05. The van der Waals surface area contributed by atoms with E-state index in [2.05, 4.69) is 21.2 Å². The molecular weight excluding hydrogens is 263 g/mol. The largest absolute Gasteiger partial charge is 0.330 e. The number of rotatable bonds is 5. The molecule has 1 aromatic carbocycles. The van der Waals surface area contributed by atoms with Crippen LogP contribution in [0.5, 0.6) is 0 Å². The standard InChI is InChI=1S/C10H14BrClN2/c11-10-3-2-9(12)6-8(10)7-14-5-1-4-13/h2-3,6,14H,1,4-5,7,13H2.